The van der Waals surface area contributed by atoms with Gasteiger partial charge in [0, 0.05) is 19.1 Å². The molecular formula is C14H26N2O. The predicted octanol–water partition coefficient (Wildman–Crippen LogP) is 2.17. The molecule has 0 radical (unpaired) electrons. The van der Waals surface area contributed by atoms with Crippen LogP contribution in [0.1, 0.15) is 51.9 Å². The van der Waals surface area contributed by atoms with E-state index in [9.17, 15) is 4.79 Å². The molecule has 1 amide bonds. The number of hydrogen-bond acceptors (Lipinski definition) is 2. The van der Waals surface area contributed by atoms with Crippen molar-refractivity contribution < 1.29 is 4.79 Å². The molecule has 0 spiro atoms. The van der Waals surface area contributed by atoms with Crippen molar-refractivity contribution in [1.82, 2.24) is 10.2 Å². The van der Waals surface area contributed by atoms with Gasteiger partial charge in [0.2, 0.25) is 5.91 Å². The average Bonchev–Trinajstić information content (AvgIpc) is 2.90. The van der Waals surface area contributed by atoms with E-state index in [1.165, 1.54) is 44.9 Å². The van der Waals surface area contributed by atoms with Crippen LogP contribution >= 0.6 is 0 Å². The molecule has 98 valence electrons. The van der Waals surface area contributed by atoms with E-state index in [2.05, 4.69) is 12.2 Å². The second-order valence-corrected chi connectivity index (χ2v) is 5.53. The Morgan fingerprint density at radius 2 is 1.88 bits per heavy atom. The Labute approximate surface area is 105 Å². The molecule has 3 nitrogen and oxygen atoms in total. The van der Waals surface area contributed by atoms with Crippen LogP contribution in [0.15, 0.2) is 0 Å². The maximum absolute atomic E-state index is 11.9. The van der Waals surface area contributed by atoms with Gasteiger partial charge in [-0.3, -0.25) is 4.79 Å². The largest absolute Gasteiger partial charge is 0.342 e. The highest BCUT2D eigenvalue weighted by atomic mass is 16.2. The molecule has 2 fully saturated rings. The zero-order valence-corrected chi connectivity index (χ0v) is 11.1. The van der Waals surface area contributed by atoms with Gasteiger partial charge in [0.05, 0.1) is 6.54 Å². The lowest BCUT2D eigenvalue weighted by Gasteiger charge is -2.32. The number of carbonyl (C=O) groups excluding carboxylic acids is 1. The third kappa shape index (κ3) is 3.44. The second-order valence-electron chi connectivity index (χ2n) is 5.53. The first-order valence-electron chi connectivity index (χ1n) is 7.32. The van der Waals surface area contributed by atoms with E-state index < -0.39 is 0 Å². The zero-order valence-electron chi connectivity index (χ0n) is 11.1. The van der Waals surface area contributed by atoms with Gasteiger partial charge in [-0.05, 0) is 31.6 Å². The predicted molar refractivity (Wildman–Crippen MR) is 69.9 cm³/mol. The summed E-state index contributed by atoms with van der Waals surface area (Å²) in [5, 5.41) is 3.51. The number of hydrogen-bond donors (Lipinski definition) is 1. The van der Waals surface area contributed by atoms with Crippen LogP contribution in [0.2, 0.25) is 0 Å². The lowest BCUT2D eigenvalue weighted by Crippen LogP contribution is -2.44. The Hall–Kier alpha value is -0.570. The molecule has 0 bridgehead atoms. The van der Waals surface area contributed by atoms with Crippen molar-refractivity contribution in [3.05, 3.63) is 0 Å². The number of likely N-dealkylation sites (tertiary alicyclic amines) is 1. The van der Waals surface area contributed by atoms with Gasteiger partial charge < -0.3 is 10.2 Å². The first-order chi connectivity index (χ1) is 8.31. The van der Waals surface area contributed by atoms with Crippen LogP contribution in [-0.4, -0.2) is 36.5 Å². The minimum absolute atomic E-state index is 0.308. The first-order valence-corrected chi connectivity index (χ1v) is 7.32. The quantitative estimate of drug-likeness (QED) is 0.814. The van der Waals surface area contributed by atoms with Crippen molar-refractivity contribution in [3.8, 4) is 0 Å². The molecule has 0 aromatic rings. The Morgan fingerprint density at radius 1 is 1.18 bits per heavy atom. The highest BCUT2D eigenvalue weighted by Gasteiger charge is 2.25. The van der Waals surface area contributed by atoms with Gasteiger partial charge >= 0.3 is 0 Å². The van der Waals surface area contributed by atoms with E-state index in [4.69, 9.17) is 0 Å². The van der Waals surface area contributed by atoms with Crippen molar-refractivity contribution in [2.24, 2.45) is 5.92 Å². The molecule has 2 unspecified atom stereocenters. The number of nitrogens with zero attached hydrogens (tertiary/aromatic N) is 1. The average molecular weight is 238 g/mol. The van der Waals surface area contributed by atoms with Gasteiger partial charge in [-0.25, -0.2) is 0 Å². The molecule has 2 rings (SSSR count). The topological polar surface area (TPSA) is 32.3 Å². The molecule has 1 saturated heterocycles. The van der Waals surface area contributed by atoms with Crippen molar-refractivity contribution in [2.75, 3.05) is 19.6 Å². The van der Waals surface area contributed by atoms with E-state index in [1.807, 2.05) is 4.90 Å². The van der Waals surface area contributed by atoms with Crippen LogP contribution < -0.4 is 5.32 Å². The summed E-state index contributed by atoms with van der Waals surface area (Å²) in [7, 11) is 0. The maximum atomic E-state index is 11.9. The van der Waals surface area contributed by atoms with Crippen LogP contribution in [0, 0.1) is 5.92 Å². The zero-order chi connectivity index (χ0) is 12.1. The number of nitrogens with one attached hydrogen (secondary N) is 1. The fraction of sp³-hybridized carbons (Fsp3) is 0.929. The minimum Gasteiger partial charge on any atom is -0.342 e. The molecule has 3 heteroatoms. The first kappa shape index (κ1) is 12.9. The number of rotatable bonds is 4. The van der Waals surface area contributed by atoms with Crippen LogP contribution in [0.4, 0.5) is 0 Å². The lowest BCUT2D eigenvalue weighted by atomic mass is 9.83. The van der Waals surface area contributed by atoms with Crippen LogP contribution in [-0.2, 0) is 4.79 Å². The summed E-state index contributed by atoms with van der Waals surface area (Å²) in [4.78, 5) is 14.0. The van der Waals surface area contributed by atoms with Gasteiger partial charge in [-0.2, -0.15) is 0 Å². The summed E-state index contributed by atoms with van der Waals surface area (Å²) in [5.41, 5.74) is 0. The molecule has 1 saturated carbocycles. The smallest absolute Gasteiger partial charge is 0.236 e. The van der Waals surface area contributed by atoms with Crippen LogP contribution in [0.25, 0.3) is 0 Å². The van der Waals surface area contributed by atoms with E-state index in [1.54, 1.807) is 0 Å². The molecule has 2 atom stereocenters. The van der Waals surface area contributed by atoms with Crippen molar-refractivity contribution in [3.63, 3.8) is 0 Å². The van der Waals surface area contributed by atoms with Crippen molar-refractivity contribution >= 4 is 5.91 Å². The summed E-state index contributed by atoms with van der Waals surface area (Å²) < 4.78 is 0. The Morgan fingerprint density at radius 3 is 2.59 bits per heavy atom. The van der Waals surface area contributed by atoms with Crippen LogP contribution in [0.3, 0.4) is 0 Å². The summed E-state index contributed by atoms with van der Waals surface area (Å²) in [6, 6.07) is 0.584. The van der Waals surface area contributed by atoms with E-state index >= 15 is 0 Å². The Kier molecular flexibility index (Phi) is 4.84. The molecule has 1 heterocycles. The van der Waals surface area contributed by atoms with Crippen molar-refractivity contribution in [2.45, 2.75) is 57.9 Å². The summed E-state index contributed by atoms with van der Waals surface area (Å²) in [5.74, 6) is 1.10. The van der Waals surface area contributed by atoms with E-state index in [0.717, 1.165) is 19.0 Å². The summed E-state index contributed by atoms with van der Waals surface area (Å²) in [6.45, 7) is 4.78. The fourth-order valence-electron chi connectivity index (χ4n) is 3.26. The van der Waals surface area contributed by atoms with Gasteiger partial charge in [0.1, 0.15) is 0 Å². The van der Waals surface area contributed by atoms with Crippen LogP contribution in [0.5, 0.6) is 0 Å². The third-order valence-electron chi connectivity index (χ3n) is 4.41. The summed E-state index contributed by atoms with van der Waals surface area (Å²) in [6.07, 6.45) is 8.91. The molecular weight excluding hydrogens is 212 g/mol. The van der Waals surface area contributed by atoms with Crippen molar-refractivity contribution in [1.29, 1.82) is 0 Å². The van der Waals surface area contributed by atoms with E-state index in [0.29, 0.717) is 18.5 Å². The van der Waals surface area contributed by atoms with Gasteiger partial charge in [0.15, 0.2) is 0 Å². The normalized spacial score (nSPS) is 29.6. The van der Waals surface area contributed by atoms with Gasteiger partial charge in [-0.15, -0.1) is 0 Å². The minimum atomic E-state index is 0.308. The molecule has 1 aliphatic heterocycles. The molecule has 1 N–H and O–H groups in total. The second kappa shape index (κ2) is 6.39. The maximum Gasteiger partial charge on any atom is 0.236 e. The number of amides is 1. The standard InChI is InChI=1S/C14H26N2O/c1-2-12-7-3-4-8-13(12)15-11-14(17)16-9-5-6-10-16/h12-13,15H,2-11H2,1H3. The third-order valence-corrected chi connectivity index (χ3v) is 4.41. The highest BCUT2D eigenvalue weighted by molar-refractivity contribution is 5.78. The monoisotopic (exact) mass is 238 g/mol. The Bertz CT molecular complexity index is 249. The molecule has 17 heavy (non-hydrogen) atoms. The molecule has 2 aliphatic rings. The highest BCUT2D eigenvalue weighted by Crippen LogP contribution is 2.26. The molecule has 1 aliphatic carbocycles. The number of carbonyl (C=O) groups is 1. The van der Waals surface area contributed by atoms with Gasteiger partial charge in [0.25, 0.3) is 0 Å². The Balaban J connectivity index is 1.74. The molecule has 0 aromatic heterocycles. The SMILES string of the molecule is CCC1CCCCC1NCC(=O)N1CCCC1. The molecule has 0 aromatic carbocycles. The fourth-order valence-corrected chi connectivity index (χ4v) is 3.26. The van der Waals surface area contributed by atoms with E-state index in [-0.39, 0.29) is 0 Å². The lowest BCUT2D eigenvalue weighted by molar-refractivity contribution is -0.129. The van der Waals surface area contributed by atoms with Gasteiger partial charge in [-0.1, -0.05) is 26.2 Å². The summed E-state index contributed by atoms with van der Waals surface area (Å²) >= 11 is 0.